The third-order valence-electron chi connectivity index (χ3n) is 2.37. The Morgan fingerprint density at radius 1 is 1.56 bits per heavy atom. The summed E-state index contributed by atoms with van der Waals surface area (Å²) in [6.45, 7) is 4.36. The quantitative estimate of drug-likeness (QED) is 0.239. The average Bonchev–Trinajstić information content (AvgIpc) is 2.38. The highest BCUT2D eigenvalue weighted by Gasteiger charge is 2.12. The fourth-order valence-electron chi connectivity index (χ4n) is 1.33. The molecule has 0 saturated carbocycles. The van der Waals surface area contributed by atoms with Crippen LogP contribution in [-0.2, 0) is 4.79 Å². The highest BCUT2D eigenvalue weighted by atomic mass is 32.2. The van der Waals surface area contributed by atoms with E-state index in [4.69, 9.17) is 16.3 Å². The predicted molar refractivity (Wildman–Crippen MR) is 74.2 cm³/mol. The maximum atomic E-state index is 11.3. The van der Waals surface area contributed by atoms with Crippen molar-refractivity contribution in [2.24, 2.45) is 11.8 Å². The van der Waals surface area contributed by atoms with Crippen molar-refractivity contribution in [3.8, 4) is 5.75 Å². The SMILES string of the molecule is CCOc1ccc(N)c(SCC(C)C(=O)NN)c1. The normalized spacial score (nSPS) is 11.9. The molecule has 0 radical (unpaired) electrons. The van der Waals surface area contributed by atoms with Crippen molar-refractivity contribution in [3.63, 3.8) is 0 Å². The highest BCUT2D eigenvalue weighted by Crippen LogP contribution is 2.30. The second kappa shape index (κ2) is 7.13. The number of rotatable bonds is 6. The van der Waals surface area contributed by atoms with E-state index < -0.39 is 0 Å². The van der Waals surface area contributed by atoms with Gasteiger partial charge < -0.3 is 10.5 Å². The Kier molecular flexibility index (Phi) is 5.80. The summed E-state index contributed by atoms with van der Waals surface area (Å²) >= 11 is 1.52. The molecule has 0 heterocycles. The van der Waals surface area contributed by atoms with Gasteiger partial charge in [0.05, 0.1) is 6.61 Å². The van der Waals surface area contributed by atoms with Crippen LogP contribution in [0.4, 0.5) is 5.69 Å². The number of carbonyl (C=O) groups is 1. The Balaban J connectivity index is 2.65. The first-order valence-corrected chi connectivity index (χ1v) is 6.72. The minimum Gasteiger partial charge on any atom is -0.494 e. The number of benzene rings is 1. The monoisotopic (exact) mass is 269 g/mol. The summed E-state index contributed by atoms with van der Waals surface area (Å²) in [4.78, 5) is 12.2. The fraction of sp³-hybridized carbons (Fsp3) is 0.417. The van der Waals surface area contributed by atoms with Crippen molar-refractivity contribution in [2.75, 3.05) is 18.1 Å². The summed E-state index contributed by atoms with van der Waals surface area (Å²) in [5.41, 5.74) is 8.70. The molecule has 6 heteroatoms. The van der Waals surface area contributed by atoms with Crippen LogP contribution in [0.25, 0.3) is 0 Å². The summed E-state index contributed by atoms with van der Waals surface area (Å²) in [7, 11) is 0. The number of nitrogens with one attached hydrogen (secondary N) is 1. The molecule has 0 aromatic heterocycles. The molecule has 0 fully saturated rings. The Hall–Kier alpha value is -1.40. The smallest absolute Gasteiger partial charge is 0.237 e. The lowest BCUT2D eigenvalue weighted by atomic mass is 10.2. The molecular formula is C12H19N3O2S. The van der Waals surface area contributed by atoms with E-state index in [1.165, 1.54) is 11.8 Å². The summed E-state index contributed by atoms with van der Waals surface area (Å²) < 4.78 is 5.41. The number of anilines is 1. The lowest BCUT2D eigenvalue weighted by Gasteiger charge is -2.12. The third-order valence-corrected chi connectivity index (χ3v) is 3.71. The van der Waals surface area contributed by atoms with Crippen LogP contribution in [0.3, 0.4) is 0 Å². The summed E-state index contributed by atoms with van der Waals surface area (Å²) in [6.07, 6.45) is 0. The number of nitrogens with two attached hydrogens (primary N) is 2. The largest absolute Gasteiger partial charge is 0.494 e. The van der Waals surface area contributed by atoms with Gasteiger partial charge in [0.1, 0.15) is 5.75 Å². The molecule has 0 aliphatic carbocycles. The second-order valence-electron chi connectivity index (χ2n) is 3.85. The maximum Gasteiger partial charge on any atom is 0.237 e. The van der Waals surface area contributed by atoms with Gasteiger partial charge in [-0.15, -0.1) is 11.8 Å². The van der Waals surface area contributed by atoms with Crippen molar-refractivity contribution in [1.29, 1.82) is 0 Å². The van der Waals surface area contributed by atoms with Gasteiger partial charge in [-0.3, -0.25) is 10.2 Å². The second-order valence-corrected chi connectivity index (χ2v) is 4.92. The Morgan fingerprint density at radius 2 is 2.28 bits per heavy atom. The summed E-state index contributed by atoms with van der Waals surface area (Å²) in [5, 5.41) is 0. The lowest BCUT2D eigenvalue weighted by Crippen LogP contribution is -2.35. The number of thioether (sulfide) groups is 1. The number of hydrogen-bond donors (Lipinski definition) is 3. The van der Waals surface area contributed by atoms with Gasteiger partial charge in [-0.05, 0) is 25.1 Å². The van der Waals surface area contributed by atoms with Crippen LogP contribution in [0.2, 0.25) is 0 Å². The molecule has 18 heavy (non-hydrogen) atoms. The number of carbonyl (C=O) groups excluding carboxylic acids is 1. The van der Waals surface area contributed by atoms with E-state index in [-0.39, 0.29) is 11.8 Å². The number of hydrogen-bond acceptors (Lipinski definition) is 5. The number of hydrazine groups is 1. The first-order chi connectivity index (χ1) is 8.58. The van der Waals surface area contributed by atoms with Gasteiger partial charge in [0, 0.05) is 22.3 Å². The van der Waals surface area contributed by atoms with Crippen molar-refractivity contribution < 1.29 is 9.53 Å². The molecule has 1 amide bonds. The van der Waals surface area contributed by atoms with Gasteiger partial charge in [0.2, 0.25) is 5.91 Å². The highest BCUT2D eigenvalue weighted by molar-refractivity contribution is 7.99. The van der Waals surface area contributed by atoms with Gasteiger partial charge >= 0.3 is 0 Å². The maximum absolute atomic E-state index is 11.3. The van der Waals surface area contributed by atoms with Crippen LogP contribution >= 0.6 is 11.8 Å². The van der Waals surface area contributed by atoms with Crippen LogP contribution in [0, 0.1) is 5.92 Å². The van der Waals surface area contributed by atoms with Gasteiger partial charge in [-0.25, -0.2) is 5.84 Å². The topological polar surface area (TPSA) is 90.4 Å². The van der Waals surface area contributed by atoms with Gasteiger partial charge in [-0.2, -0.15) is 0 Å². The van der Waals surface area contributed by atoms with Crippen LogP contribution in [0.1, 0.15) is 13.8 Å². The Bertz CT molecular complexity index is 412. The number of amides is 1. The van der Waals surface area contributed by atoms with E-state index in [9.17, 15) is 4.79 Å². The molecule has 0 aliphatic rings. The van der Waals surface area contributed by atoms with E-state index in [0.29, 0.717) is 18.0 Å². The zero-order valence-corrected chi connectivity index (χ0v) is 11.4. The summed E-state index contributed by atoms with van der Waals surface area (Å²) in [5.74, 6) is 6.13. The minimum absolute atomic E-state index is 0.171. The average molecular weight is 269 g/mol. The van der Waals surface area contributed by atoms with E-state index in [0.717, 1.165) is 10.6 Å². The molecule has 1 rings (SSSR count). The van der Waals surface area contributed by atoms with Crippen molar-refractivity contribution in [3.05, 3.63) is 18.2 Å². The first kappa shape index (κ1) is 14.7. The van der Waals surface area contributed by atoms with E-state index in [1.54, 1.807) is 6.07 Å². The van der Waals surface area contributed by atoms with Crippen molar-refractivity contribution >= 4 is 23.4 Å². The molecule has 1 atom stereocenters. The molecule has 5 N–H and O–H groups in total. The molecule has 100 valence electrons. The minimum atomic E-state index is -0.179. The predicted octanol–water partition coefficient (Wildman–Crippen LogP) is 1.39. The van der Waals surface area contributed by atoms with Crippen molar-refractivity contribution in [2.45, 2.75) is 18.7 Å². The molecule has 0 saturated heterocycles. The van der Waals surface area contributed by atoms with E-state index in [1.807, 2.05) is 26.0 Å². The molecule has 0 spiro atoms. The molecular weight excluding hydrogens is 250 g/mol. The molecule has 1 aromatic carbocycles. The zero-order valence-electron chi connectivity index (χ0n) is 10.6. The Morgan fingerprint density at radius 3 is 2.89 bits per heavy atom. The molecule has 1 aromatic rings. The molecule has 1 unspecified atom stereocenters. The molecule has 0 bridgehead atoms. The first-order valence-electron chi connectivity index (χ1n) is 5.74. The van der Waals surface area contributed by atoms with Crippen LogP contribution in [-0.4, -0.2) is 18.3 Å². The van der Waals surface area contributed by atoms with Gasteiger partial charge in [-0.1, -0.05) is 6.92 Å². The molecule has 5 nitrogen and oxygen atoms in total. The fourth-order valence-corrected chi connectivity index (χ4v) is 2.34. The van der Waals surface area contributed by atoms with Gasteiger partial charge in [0.15, 0.2) is 0 Å². The summed E-state index contributed by atoms with van der Waals surface area (Å²) in [6, 6.07) is 5.52. The van der Waals surface area contributed by atoms with E-state index >= 15 is 0 Å². The number of ether oxygens (including phenoxy) is 1. The van der Waals surface area contributed by atoms with Gasteiger partial charge in [0.25, 0.3) is 0 Å². The Labute approximate surface area is 111 Å². The zero-order chi connectivity index (χ0) is 13.5. The van der Waals surface area contributed by atoms with Crippen LogP contribution in [0.15, 0.2) is 23.1 Å². The third kappa shape index (κ3) is 4.12. The van der Waals surface area contributed by atoms with Crippen LogP contribution in [0.5, 0.6) is 5.75 Å². The van der Waals surface area contributed by atoms with Crippen LogP contribution < -0.4 is 21.7 Å². The lowest BCUT2D eigenvalue weighted by molar-refractivity contribution is -0.123. The standard InChI is InChI=1S/C12H19N3O2S/c1-3-17-9-4-5-10(13)11(6-9)18-7-8(2)12(16)15-14/h4-6,8H,3,7,13-14H2,1-2H3,(H,15,16). The van der Waals surface area contributed by atoms with E-state index in [2.05, 4.69) is 5.43 Å². The number of nitrogen functional groups attached to an aromatic ring is 1. The molecule has 0 aliphatic heterocycles. The van der Waals surface area contributed by atoms with Crippen molar-refractivity contribution in [1.82, 2.24) is 5.43 Å².